The van der Waals surface area contributed by atoms with E-state index in [1.54, 1.807) is 6.07 Å². The molecular weight excluding hydrogens is 194 g/mol. The van der Waals surface area contributed by atoms with Gasteiger partial charge in [-0.3, -0.25) is 0 Å². The van der Waals surface area contributed by atoms with Gasteiger partial charge in [0.15, 0.2) is 0 Å². The number of hydrogen-bond acceptors (Lipinski definition) is 4. The summed E-state index contributed by atoms with van der Waals surface area (Å²) in [6.45, 7) is 6.14. The van der Waals surface area contributed by atoms with Crippen LogP contribution in [0.25, 0.3) is 11.2 Å². The van der Waals surface area contributed by atoms with Crippen molar-refractivity contribution < 1.29 is 8.83 Å². The molecule has 80 valence electrons. The molecule has 2 aromatic rings. The van der Waals surface area contributed by atoms with Gasteiger partial charge in [0.2, 0.25) is 0 Å². The van der Waals surface area contributed by atoms with Crippen LogP contribution in [0.5, 0.6) is 0 Å². The Morgan fingerprint density at radius 3 is 2.87 bits per heavy atom. The summed E-state index contributed by atoms with van der Waals surface area (Å²) in [4.78, 5) is 15.2. The molecule has 2 heterocycles. The Morgan fingerprint density at radius 1 is 1.47 bits per heavy atom. The normalized spacial score (nSPS) is 12.2. The van der Waals surface area contributed by atoms with Crippen molar-refractivity contribution in [3.63, 3.8) is 0 Å². The quantitative estimate of drug-likeness (QED) is 0.759. The van der Waals surface area contributed by atoms with E-state index in [9.17, 15) is 4.79 Å². The lowest BCUT2D eigenvalue weighted by molar-refractivity contribution is 0.417. The van der Waals surface area contributed by atoms with E-state index >= 15 is 0 Å². The molecule has 0 N–H and O–H groups in total. The second-order valence-electron chi connectivity index (χ2n) is 4.19. The number of aromatic nitrogens is 1. The average molecular weight is 207 g/mol. The highest BCUT2D eigenvalue weighted by Gasteiger charge is 2.25. The van der Waals surface area contributed by atoms with Crippen molar-refractivity contribution in [3.8, 4) is 0 Å². The van der Waals surface area contributed by atoms with Crippen LogP contribution in [0.15, 0.2) is 26.0 Å². The molecule has 0 fully saturated rings. The van der Waals surface area contributed by atoms with Crippen molar-refractivity contribution in [1.29, 1.82) is 0 Å². The Labute approximate surface area is 86.9 Å². The van der Waals surface area contributed by atoms with E-state index in [0.717, 1.165) is 17.5 Å². The van der Waals surface area contributed by atoms with E-state index < -0.39 is 5.76 Å². The first kappa shape index (κ1) is 9.96. The SMILES string of the molecule is CCC(C)(C)c1nc(=O)oc2occc12. The molecule has 0 atom stereocenters. The van der Waals surface area contributed by atoms with Crippen LogP contribution in [0.3, 0.4) is 0 Å². The van der Waals surface area contributed by atoms with Crippen LogP contribution in [-0.2, 0) is 5.41 Å². The molecule has 4 heteroatoms. The largest absolute Gasteiger partial charge is 0.441 e. The Bertz CT molecular complexity index is 536. The molecule has 0 aromatic carbocycles. The molecule has 0 spiro atoms. The van der Waals surface area contributed by atoms with Gasteiger partial charge in [-0.2, -0.15) is 4.98 Å². The van der Waals surface area contributed by atoms with Crippen LogP contribution in [0.4, 0.5) is 0 Å². The summed E-state index contributed by atoms with van der Waals surface area (Å²) in [5.74, 6) is -0.347. The second-order valence-corrected chi connectivity index (χ2v) is 4.19. The summed E-state index contributed by atoms with van der Waals surface area (Å²) >= 11 is 0. The molecule has 2 rings (SSSR count). The Balaban J connectivity index is 2.79. The molecular formula is C11H13NO3. The van der Waals surface area contributed by atoms with E-state index in [-0.39, 0.29) is 11.2 Å². The van der Waals surface area contributed by atoms with Gasteiger partial charge in [0.1, 0.15) is 0 Å². The van der Waals surface area contributed by atoms with E-state index in [1.807, 2.05) is 13.8 Å². The molecule has 4 nitrogen and oxygen atoms in total. The van der Waals surface area contributed by atoms with Gasteiger partial charge >= 0.3 is 11.5 Å². The van der Waals surface area contributed by atoms with Gasteiger partial charge in [-0.1, -0.05) is 20.8 Å². The number of furan rings is 1. The van der Waals surface area contributed by atoms with Gasteiger partial charge < -0.3 is 8.83 Å². The summed E-state index contributed by atoms with van der Waals surface area (Å²) in [7, 11) is 0. The number of fused-ring (bicyclic) bond motifs is 1. The molecule has 0 aliphatic carbocycles. The Morgan fingerprint density at radius 2 is 2.20 bits per heavy atom. The molecule has 0 unspecified atom stereocenters. The highest BCUT2D eigenvalue weighted by Crippen LogP contribution is 2.30. The molecule has 2 aromatic heterocycles. The maximum absolute atomic E-state index is 11.2. The zero-order valence-electron chi connectivity index (χ0n) is 9.03. The molecule has 0 bridgehead atoms. The molecule has 0 saturated heterocycles. The third-order valence-electron chi connectivity index (χ3n) is 2.79. The molecule has 0 amide bonds. The Hall–Kier alpha value is -1.58. The van der Waals surface area contributed by atoms with Crippen molar-refractivity contribution in [2.45, 2.75) is 32.6 Å². The number of nitrogens with zero attached hydrogens (tertiary/aromatic N) is 1. The first-order valence-electron chi connectivity index (χ1n) is 4.93. The third-order valence-corrected chi connectivity index (χ3v) is 2.79. The lowest BCUT2D eigenvalue weighted by atomic mass is 9.85. The first-order chi connectivity index (χ1) is 7.04. The standard InChI is InChI=1S/C11H13NO3/c1-4-11(2,3)8-7-5-6-14-9(7)15-10(13)12-8/h5-6H,4H2,1-3H3. The van der Waals surface area contributed by atoms with Gasteiger partial charge in [-0.15, -0.1) is 0 Å². The summed E-state index contributed by atoms with van der Waals surface area (Å²) in [5, 5.41) is 0.779. The van der Waals surface area contributed by atoms with Crippen molar-refractivity contribution in [3.05, 3.63) is 28.6 Å². The topological polar surface area (TPSA) is 56.2 Å². The molecule has 0 aliphatic rings. The maximum Gasteiger partial charge on any atom is 0.441 e. The minimum Gasteiger partial charge on any atom is -0.433 e. The minimum absolute atomic E-state index is 0.155. The fourth-order valence-corrected chi connectivity index (χ4v) is 1.49. The molecule has 0 saturated carbocycles. The third kappa shape index (κ3) is 1.56. The minimum atomic E-state index is -0.603. The number of rotatable bonds is 2. The van der Waals surface area contributed by atoms with E-state index in [0.29, 0.717) is 0 Å². The molecule has 15 heavy (non-hydrogen) atoms. The van der Waals surface area contributed by atoms with Crippen LogP contribution < -0.4 is 5.76 Å². The predicted octanol–water partition coefficient (Wildman–Crippen LogP) is 2.47. The molecule has 0 radical (unpaired) electrons. The zero-order chi connectivity index (χ0) is 11.1. The first-order valence-corrected chi connectivity index (χ1v) is 4.93. The van der Waals surface area contributed by atoms with Gasteiger partial charge in [0.25, 0.3) is 0 Å². The molecule has 0 aliphatic heterocycles. The van der Waals surface area contributed by atoms with E-state index in [1.165, 1.54) is 6.26 Å². The van der Waals surface area contributed by atoms with Crippen LogP contribution in [0, 0.1) is 0 Å². The van der Waals surface area contributed by atoms with Gasteiger partial charge in [-0.05, 0) is 12.5 Å². The second kappa shape index (κ2) is 3.22. The van der Waals surface area contributed by atoms with Gasteiger partial charge in [-0.25, -0.2) is 4.79 Å². The zero-order valence-corrected chi connectivity index (χ0v) is 9.03. The lowest BCUT2D eigenvalue weighted by Gasteiger charge is -2.21. The fraction of sp³-hybridized carbons (Fsp3) is 0.455. The summed E-state index contributed by atoms with van der Waals surface area (Å²) in [6.07, 6.45) is 2.40. The van der Waals surface area contributed by atoms with E-state index in [2.05, 4.69) is 11.9 Å². The van der Waals surface area contributed by atoms with E-state index in [4.69, 9.17) is 8.83 Å². The highest BCUT2D eigenvalue weighted by molar-refractivity contribution is 5.75. The van der Waals surface area contributed by atoms with Crippen LogP contribution in [-0.4, -0.2) is 4.98 Å². The van der Waals surface area contributed by atoms with Crippen LogP contribution >= 0.6 is 0 Å². The van der Waals surface area contributed by atoms with Gasteiger partial charge in [0.05, 0.1) is 17.3 Å². The smallest absolute Gasteiger partial charge is 0.433 e. The highest BCUT2D eigenvalue weighted by atomic mass is 16.5. The van der Waals surface area contributed by atoms with Crippen molar-refractivity contribution in [2.24, 2.45) is 0 Å². The summed E-state index contributed by atoms with van der Waals surface area (Å²) in [5.41, 5.74) is 0.586. The van der Waals surface area contributed by atoms with Crippen molar-refractivity contribution in [2.75, 3.05) is 0 Å². The fourth-order valence-electron chi connectivity index (χ4n) is 1.49. The monoisotopic (exact) mass is 207 g/mol. The maximum atomic E-state index is 11.2. The van der Waals surface area contributed by atoms with Gasteiger partial charge in [0, 0.05) is 5.41 Å². The average Bonchev–Trinajstić information content (AvgIpc) is 2.63. The van der Waals surface area contributed by atoms with Crippen molar-refractivity contribution in [1.82, 2.24) is 4.98 Å². The lowest BCUT2D eigenvalue weighted by Crippen LogP contribution is -2.21. The van der Waals surface area contributed by atoms with Crippen molar-refractivity contribution >= 4 is 11.2 Å². The number of hydrogen-bond donors (Lipinski definition) is 0. The summed E-state index contributed by atoms with van der Waals surface area (Å²) < 4.78 is 9.92. The van der Waals surface area contributed by atoms with Crippen LogP contribution in [0.1, 0.15) is 32.9 Å². The summed E-state index contributed by atoms with van der Waals surface area (Å²) in [6, 6.07) is 1.78. The Kier molecular flexibility index (Phi) is 2.14. The van der Waals surface area contributed by atoms with Crippen LogP contribution in [0.2, 0.25) is 0 Å². The predicted molar refractivity (Wildman–Crippen MR) is 55.9 cm³/mol.